The number of rotatable bonds is 6. The molecule has 0 bridgehead atoms. The molecule has 122 valence electrons. The van der Waals surface area contributed by atoms with E-state index in [2.05, 4.69) is 36.3 Å². The Hall–Kier alpha value is -1.26. The Morgan fingerprint density at radius 3 is 2.82 bits per heavy atom. The average Bonchev–Trinajstić information content (AvgIpc) is 3.00. The molecule has 0 radical (unpaired) electrons. The van der Waals surface area contributed by atoms with Crippen molar-refractivity contribution in [3.63, 3.8) is 0 Å². The van der Waals surface area contributed by atoms with E-state index in [-0.39, 0.29) is 0 Å². The molecular weight excluding hydrogens is 276 g/mol. The van der Waals surface area contributed by atoms with Crippen molar-refractivity contribution >= 4 is 0 Å². The summed E-state index contributed by atoms with van der Waals surface area (Å²) in [5, 5.41) is 3.72. The number of hydrogen-bond acceptors (Lipinski definition) is 4. The van der Waals surface area contributed by atoms with Gasteiger partial charge in [-0.05, 0) is 82.9 Å². The Morgan fingerprint density at radius 2 is 2.00 bits per heavy atom. The van der Waals surface area contributed by atoms with Gasteiger partial charge in [-0.15, -0.1) is 0 Å². The molecule has 2 aliphatic rings. The van der Waals surface area contributed by atoms with Crippen molar-refractivity contribution in [3.05, 3.63) is 23.8 Å². The molecule has 1 N–H and O–H groups in total. The molecule has 4 heteroatoms. The summed E-state index contributed by atoms with van der Waals surface area (Å²) < 4.78 is 10.8. The van der Waals surface area contributed by atoms with Crippen molar-refractivity contribution in [3.8, 4) is 11.5 Å². The van der Waals surface area contributed by atoms with Crippen LogP contribution in [0, 0.1) is 5.92 Å². The van der Waals surface area contributed by atoms with Crippen LogP contribution in [0.3, 0.4) is 0 Å². The third-order valence-electron chi connectivity index (χ3n) is 4.90. The van der Waals surface area contributed by atoms with Crippen LogP contribution in [-0.4, -0.2) is 44.4 Å². The van der Waals surface area contributed by atoms with Crippen LogP contribution in [0.25, 0.3) is 0 Å². The molecular formula is C18H28N2O2. The summed E-state index contributed by atoms with van der Waals surface area (Å²) in [5.41, 5.74) is 1.33. The van der Waals surface area contributed by atoms with Gasteiger partial charge in [0, 0.05) is 6.04 Å². The second kappa shape index (κ2) is 7.34. The minimum atomic E-state index is 0.354. The van der Waals surface area contributed by atoms with Gasteiger partial charge in [-0.3, -0.25) is 0 Å². The van der Waals surface area contributed by atoms with Gasteiger partial charge in [-0.1, -0.05) is 6.07 Å². The Kier molecular flexibility index (Phi) is 5.21. The quantitative estimate of drug-likeness (QED) is 0.876. The van der Waals surface area contributed by atoms with Crippen molar-refractivity contribution in [1.82, 2.24) is 10.2 Å². The van der Waals surface area contributed by atoms with Crippen LogP contribution in [-0.2, 0) is 6.42 Å². The zero-order chi connectivity index (χ0) is 15.4. The monoisotopic (exact) mass is 304 g/mol. The molecule has 0 amide bonds. The zero-order valence-electron chi connectivity index (χ0n) is 13.8. The summed E-state index contributed by atoms with van der Waals surface area (Å²) in [5.74, 6) is 2.62. The van der Waals surface area contributed by atoms with Gasteiger partial charge in [-0.25, -0.2) is 0 Å². The van der Waals surface area contributed by atoms with E-state index in [1.165, 1.54) is 31.5 Å². The summed E-state index contributed by atoms with van der Waals surface area (Å²) in [4.78, 5) is 2.43. The van der Waals surface area contributed by atoms with Crippen LogP contribution in [0.5, 0.6) is 11.5 Å². The van der Waals surface area contributed by atoms with E-state index in [1.54, 1.807) is 0 Å². The Bertz CT molecular complexity index is 484. The Labute approximate surface area is 133 Å². The largest absolute Gasteiger partial charge is 0.454 e. The first-order valence-corrected chi connectivity index (χ1v) is 8.51. The van der Waals surface area contributed by atoms with E-state index < -0.39 is 0 Å². The summed E-state index contributed by atoms with van der Waals surface area (Å²) in [6, 6.07) is 6.85. The number of hydrogen-bond donors (Lipinski definition) is 1. The fourth-order valence-electron chi connectivity index (χ4n) is 3.22. The SMILES string of the molecule is CC(CCc1ccc2c(c1)OCO2)NCC1CCN(C)CC1. The van der Waals surface area contributed by atoms with Gasteiger partial charge in [0.25, 0.3) is 0 Å². The lowest BCUT2D eigenvalue weighted by atomic mass is 9.96. The highest BCUT2D eigenvalue weighted by atomic mass is 16.7. The number of aryl methyl sites for hydroxylation is 1. The molecule has 2 aliphatic heterocycles. The van der Waals surface area contributed by atoms with Crippen molar-refractivity contribution in [2.75, 3.05) is 33.5 Å². The first-order chi connectivity index (χ1) is 10.7. The molecule has 1 aromatic carbocycles. The zero-order valence-corrected chi connectivity index (χ0v) is 13.8. The molecule has 4 nitrogen and oxygen atoms in total. The highest BCUT2D eigenvalue weighted by Gasteiger charge is 2.17. The number of ether oxygens (including phenoxy) is 2. The van der Waals surface area contributed by atoms with Gasteiger partial charge < -0.3 is 19.7 Å². The van der Waals surface area contributed by atoms with Gasteiger partial charge in [0.1, 0.15) is 0 Å². The van der Waals surface area contributed by atoms with E-state index in [4.69, 9.17) is 9.47 Å². The van der Waals surface area contributed by atoms with Gasteiger partial charge in [0.15, 0.2) is 11.5 Å². The second-order valence-corrected chi connectivity index (χ2v) is 6.78. The summed E-state index contributed by atoms with van der Waals surface area (Å²) >= 11 is 0. The predicted octanol–water partition coefficient (Wildman–Crippen LogP) is 2.67. The highest BCUT2D eigenvalue weighted by Crippen LogP contribution is 2.32. The number of nitrogens with zero attached hydrogens (tertiary/aromatic N) is 1. The molecule has 1 saturated heterocycles. The van der Waals surface area contributed by atoms with Gasteiger partial charge in [0.05, 0.1) is 0 Å². The van der Waals surface area contributed by atoms with Crippen LogP contribution < -0.4 is 14.8 Å². The maximum Gasteiger partial charge on any atom is 0.231 e. The molecule has 0 saturated carbocycles. The molecule has 22 heavy (non-hydrogen) atoms. The molecule has 0 aromatic heterocycles. The van der Waals surface area contributed by atoms with Crippen molar-refractivity contribution < 1.29 is 9.47 Å². The topological polar surface area (TPSA) is 33.7 Å². The van der Waals surface area contributed by atoms with E-state index in [0.717, 1.165) is 36.8 Å². The maximum absolute atomic E-state index is 5.44. The highest BCUT2D eigenvalue weighted by molar-refractivity contribution is 5.44. The van der Waals surface area contributed by atoms with Crippen LogP contribution >= 0.6 is 0 Å². The van der Waals surface area contributed by atoms with Gasteiger partial charge >= 0.3 is 0 Å². The number of likely N-dealkylation sites (tertiary alicyclic amines) is 1. The molecule has 1 unspecified atom stereocenters. The summed E-state index contributed by atoms with van der Waals surface area (Å²) in [6.45, 7) is 6.31. The molecule has 2 heterocycles. The van der Waals surface area contributed by atoms with Crippen molar-refractivity contribution in [2.45, 2.75) is 38.6 Å². The lowest BCUT2D eigenvalue weighted by Crippen LogP contribution is -2.37. The van der Waals surface area contributed by atoms with Crippen LogP contribution in [0.4, 0.5) is 0 Å². The van der Waals surface area contributed by atoms with Crippen LogP contribution in [0.1, 0.15) is 31.7 Å². The Balaban J connectivity index is 1.38. The Morgan fingerprint density at radius 1 is 1.23 bits per heavy atom. The van der Waals surface area contributed by atoms with E-state index in [1.807, 2.05) is 6.07 Å². The third-order valence-corrected chi connectivity index (χ3v) is 4.90. The molecule has 1 aromatic rings. The van der Waals surface area contributed by atoms with Crippen LogP contribution in [0.15, 0.2) is 18.2 Å². The predicted molar refractivity (Wildman–Crippen MR) is 88.6 cm³/mol. The average molecular weight is 304 g/mol. The van der Waals surface area contributed by atoms with Gasteiger partial charge in [0.2, 0.25) is 6.79 Å². The molecule has 0 aliphatic carbocycles. The third kappa shape index (κ3) is 4.14. The van der Waals surface area contributed by atoms with Crippen molar-refractivity contribution in [2.24, 2.45) is 5.92 Å². The van der Waals surface area contributed by atoms with Crippen molar-refractivity contribution in [1.29, 1.82) is 0 Å². The standard InChI is InChI=1S/C18H28N2O2/c1-14(19-12-16-7-9-20(2)10-8-16)3-4-15-5-6-17-18(11-15)22-13-21-17/h5-6,11,14,16,19H,3-4,7-10,12-13H2,1-2H3. The number of benzene rings is 1. The lowest BCUT2D eigenvalue weighted by molar-refractivity contribution is 0.174. The van der Waals surface area contributed by atoms with Crippen LogP contribution in [0.2, 0.25) is 0 Å². The fourth-order valence-corrected chi connectivity index (χ4v) is 3.22. The second-order valence-electron chi connectivity index (χ2n) is 6.78. The lowest BCUT2D eigenvalue weighted by Gasteiger charge is -2.30. The van der Waals surface area contributed by atoms with E-state index in [0.29, 0.717) is 12.8 Å². The summed E-state index contributed by atoms with van der Waals surface area (Å²) in [6.07, 6.45) is 4.90. The molecule has 3 rings (SSSR count). The molecule has 1 atom stereocenters. The maximum atomic E-state index is 5.44. The first kappa shape index (κ1) is 15.6. The first-order valence-electron chi connectivity index (χ1n) is 8.51. The fraction of sp³-hybridized carbons (Fsp3) is 0.667. The molecule has 0 spiro atoms. The molecule has 1 fully saturated rings. The normalized spacial score (nSPS) is 20.3. The number of piperidine rings is 1. The number of nitrogens with one attached hydrogen (secondary N) is 1. The van der Waals surface area contributed by atoms with E-state index >= 15 is 0 Å². The minimum absolute atomic E-state index is 0.354. The number of fused-ring (bicyclic) bond motifs is 1. The van der Waals surface area contributed by atoms with E-state index in [9.17, 15) is 0 Å². The minimum Gasteiger partial charge on any atom is -0.454 e. The van der Waals surface area contributed by atoms with Gasteiger partial charge in [-0.2, -0.15) is 0 Å². The smallest absolute Gasteiger partial charge is 0.231 e. The summed E-state index contributed by atoms with van der Waals surface area (Å²) in [7, 11) is 2.22.